The van der Waals surface area contributed by atoms with Gasteiger partial charge in [-0.3, -0.25) is 9.59 Å². The molecule has 24 heavy (non-hydrogen) atoms. The Morgan fingerprint density at radius 2 is 1.83 bits per heavy atom. The molecule has 1 aromatic carbocycles. The molecule has 132 valence electrons. The molecule has 2 rings (SSSR count). The number of benzene rings is 1. The summed E-state index contributed by atoms with van der Waals surface area (Å²) in [6.07, 6.45) is -0.00829. The van der Waals surface area contributed by atoms with Crippen molar-refractivity contribution in [3.05, 3.63) is 24.3 Å². The first-order valence-corrected chi connectivity index (χ1v) is 8.26. The van der Waals surface area contributed by atoms with E-state index in [9.17, 15) is 9.59 Å². The van der Waals surface area contributed by atoms with E-state index in [0.29, 0.717) is 37.7 Å². The highest BCUT2D eigenvalue weighted by molar-refractivity contribution is 6.10. The van der Waals surface area contributed by atoms with E-state index in [2.05, 4.69) is 5.32 Å². The minimum Gasteiger partial charge on any atom is -0.489 e. The summed E-state index contributed by atoms with van der Waals surface area (Å²) in [7, 11) is 0. The Balaban J connectivity index is 2.11. The van der Waals surface area contributed by atoms with E-state index in [4.69, 9.17) is 9.47 Å². The summed E-state index contributed by atoms with van der Waals surface area (Å²) in [5.74, 6) is 0.0554. The number of rotatable bonds is 5. The highest BCUT2D eigenvalue weighted by atomic mass is 16.5. The maximum Gasteiger partial charge on any atom is 0.239 e. The zero-order chi connectivity index (χ0) is 17.7. The molecule has 1 aliphatic rings. The molecule has 0 saturated carbocycles. The van der Waals surface area contributed by atoms with Crippen molar-refractivity contribution in [2.75, 3.05) is 31.6 Å². The number of ether oxygens (including phenoxy) is 2. The van der Waals surface area contributed by atoms with Crippen LogP contribution in [0.5, 0.6) is 5.75 Å². The number of nitrogens with one attached hydrogen (secondary N) is 1. The Labute approximate surface area is 143 Å². The second-order valence-electron chi connectivity index (χ2n) is 6.65. The van der Waals surface area contributed by atoms with Gasteiger partial charge in [0.1, 0.15) is 11.2 Å². The average molecular weight is 334 g/mol. The minimum atomic E-state index is -1.16. The maximum atomic E-state index is 12.7. The van der Waals surface area contributed by atoms with Crippen LogP contribution in [0.2, 0.25) is 0 Å². The molecule has 0 radical (unpaired) electrons. The molecule has 1 saturated heterocycles. The molecule has 0 spiro atoms. The second-order valence-corrected chi connectivity index (χ2v) is 6.65. The number of anilines is 1. The standard InChI is InChI=1S/C18H26N2O4/c1-13(2)24-15-8-6-5-7-14(15)19-16(21)18(3,4)17(22)20-9-11-23-12-10-20/h5-8,13H,9-12H2,1-4H3,(H,19,21). The first-order chi connectivity index (χ1) is 11.3. The number of para-hydroxylation sites is 2. The molecule has 0 bridgehead atoms. The quantitative estimate of drug-likeness (QED) is 0.839. The van der Waals surface area contributed by atoms with Crippen LogP contribution in [0.25, 0.3) is 0 Å². The summed E-state index contributed by atoms with van der Waals surface area (Å²) in [4.78, 5) is 27.1. The fourth-order valence-electron chi connectivity index (χ4n) is 2.46. The lowest BCUT2D eigenvalue weighted by molar-refractivity contribution is -0.149. The Morgan fingerprint density at radius 3 is 2.46 bits per heavy atom. The summed E-state index contributed by atoms with van der Waals surface area (Å²) in [5.41, 5.74) is -0.596. The van der Waals surface area contributed by atoms with Gasteiger partial charge in [-0.1, -0.05) is 12.1 Å². The van der Waals surface area contributed by atoms with Gasteiger partial charge in [0, 0.05) is 13.1 Å². The van der Waals surface area contributed by atoms with Gasteiger partial charge < -0.3 is 19.7 Å². The highest BCUT2D eigenvalue weighted by Crippen LogP contribution is 2.28. The molecule has 0 atom stereocenters. The van der Waals surface area contributed by atoms with Crippen LogP contribution in [-0.4, -0.2) is 49.1 Å². The third-order valence-corrected chi connectivity index (χ3v) is 3.90. The smallest absolute Gasteiger partial charge is 0.239 e. The lowest BCUT2D eigenvalue weighted by Gasteiger charge is -2.33. The van der Waals surface area contributed by atoms with Gasteiger partial charge in [0.05, 0.1) is 25.0 Å². The molecule has 1 aliphatic heterocycles. The SMILES string of the molecule is CC(C)Oc1ccccc1NC(=O)C(C)(C)C(=O)N1CCOCC1. The van der Waals surface area contributed by atoms with Crippen molar-refractivity contribution in [1.29, 1.82) is 0 Å². The van der Waals surface area contributed by atoms with Crippen LogP contribution >= 0.6 is 0 Å². The number of carbonyl (C=O) groups excluding carboxylic acids is 2. The van der Waals surface area contributed by atoms with Crippen molar-refractivity contribution in [3.8, 4) is 5.75 Å². The van der Waals surface area contributed by atoms with Gasteiger partial charge >= 0.3 is 0 Å². The summed E-state index contributed by atoms with van der Waals surface area (Å²) in [6, 6.07) is 7.23. The lowest BCUT2D eigenvalue weighted by Crippen LogP contribution is -2.51. The van der Waals surface area contributed by atoms with E-state index < -0.39 is 5.41 Å². The van der Waals surface area contributed by atoms with E-state index in [0.717, 1.165) is 0 Å². The Morgan fingerprint density at radius 1 is 1.21 bits per heavy atom. The van der Waals surface area contributed by atoms with Crippen molar-refractivity contribution >= 4 is 17.5 Å². The third-order valence-electron chi connectivity index (χ3n) is 3.90. The first kappa shape index (κ1) is 18.3. The summed E-state index contributed by atoms with van der Waals surface area (Å²) in [5, 5.41) is 2.83. The van der Waals surface area contributed by atoms with Crippen LogP contribution in [0.15, 0.2) is 24.3 Å². The Hall–Kier alpha value is -2.08. The number of morpholine rings is 1. The third kappa shape index (κ3) is 4.26. The molecule has 0 unspecified atom stereocenters. The van der Waals surface area contributed by atoms with Crippen LogP contribution in [0, 0.1) is 5.41 Å². The van der Waals surface area contributed by atoms with Gasteiger partial charge in [0.25, 0.3) is 0 Å². The van der Waals surface area contributed by atoms with E-state index in [1.54, 1.807) is 30.9 Å². The lowest BCUT2D eigenvalue weighted by atomic mass is 9.90. The van der Waals surface area contributed by atoms with Gasteiger partial charge in [-0.25, -0.2) is 0 Å². The molecule has 1 aromatic rings. The molecule has 0 aliphatic carbocycles. The number of amides is 2. The Bertz CT molecular complexity index is 592. The second kappa shape index (κ2) is 7.66. The van der Waals surface area contributed by atoms with Gasteiger partial charge in [-0.05, 0) is 39.8 Å². The average Bonchev–Trinajstić information content (AvgIpc) is 2.56. The van der Waals surface area contributed by atoms with Crippen molar-refractivity contribution < 1.29 is 19.1 Å². The minimum absolute atomic E-state index is 0.00829. The van der Waals surface area contributed by atoms with Crippen molar-refractivity contribution in [1.82, 2.24) is 4.90 Å². The Kier molecular flexibility index (Phi) is 5.83. The van der Waals surface area contributed by atoms with Crippen LogP contribution in [0.4, 0.5) is 5.69 Å². The van der Waals surface area contributed by atoms with Crippen molar-refractivity contribution in [3.63, 3.8) is 0 Å². The topological polar surface area (TPSA) is 67.9 Å². The molecular formula is C18H26N2O4. The monoisotopic (exact) mass is 334 g/mol. The first-order valence-electron chi connectivity index (χ1n) is 8.26. The molecule has 1 fully saturated rings. The van der Waals surface area contributed by atoms with Gasteiger partial charge in [-0.15, -0.1) is 0 Å². The van der Waals surface area contributed by atoms with Crippen LogP contribution in [0.1, 0.15) is 27.7 Å². The summed E-state index contributed by atoms with van der Waals surface area (Å²) >= 11 is 0. The van der Waals surface area contributed by atoms with Gasteiger partial charge in [-0.2, -0.15) is 0 Å². The van der Waals surface area contributed by atoms with Crippen LogP contribution in [-0.2, 0) is 14.3 Å². The van der Waals surface area contributed by atoms with E-state index in [-0.39, 0.29) is 17.9 Å². The number of hydrogen-bond donors (Lipinski definition) is 1. The van der Waals surface area contributed by atoms with Crippen LogP contribution in [0.3, 0.4) is 0 Å². The fraction of sp³-hybridized carbons (Fsp3) is 0.556. The molecule has 1 heterocycles. The number of hydrogen-bond acceptors (Lipinski definition) is 4. The largest absolute Gasteiger partial charge is 0.489 e. The maximum absolute atomic E-state index is 12.7. The van der Waals surface area contributed by atoms with E-state index in [1.807, 2.05) is 26.0 Å². The number of carbonyl (C=O) groups is 2. The van der Waals surface area contributed by atoms with Crippen LogP contribution < -0.4 is 10.1 Å². The highest BCUT2D eigenvalue weighted by Gasteiger charge is 2.39. The fourth-order valence-corrected chi connectivity index (χ4v) is 2.46. The molecule has 6 nitrogen and oxygen atoms in total. The molecular weight excluding hydrogens is 308 g/mol. The molecule has 0 aromatic heterocycles. The predicted molar refractivity (Wildman–Crippen MR) is 92.0 cm³/mol. The predicted octanol–water partition coefficient (Wildman–Crippen LogP) is 2.30. The molecule has 2 amide bonds. The zero-order valence-electron chi connectivity index (χ0n) is 14.8. The van der Waals surface area contributed by atoms with Gasteiger partial charge in [0.15, 0.2) is 0 Å². The summed E-state index contributed by atoms with van der Waals surface area (Å²) in [6.45, 7) is 9.18. The van der Waals surface area contributed by atoms with Gasteiger partial charge in [0.2, 0.25) is 11.8 Å². The molecule has 6 heteroatoms. The number of nitrogens with zero attached hydrogens (tertiary/aromatic N) is 1. The van der Waals surface area contributed by atoms with E-state index >= 15 is 0 Å². The normalized spacial score (nSPS) is 15.3. The molecule has 1 N–H and O–H groups in total. The zero-order valence-corrected chi connectivity index (χ0v) is 14.8. The van der Waals surface area contributed by atoms with E-state index in [1.165, 1.54) is 0 Å². The van der Waals surface area contributed by atoms with Crippen molar-refractivity contribution in [2.45, 2.75) is 33.8 Å². The summed E-state index contributed by atoms with van der Waals surface area (Å²) < 4.78 is 11.0. The van der Waals surface area contributed by atoms with Crippen molar-refractivity contribution in [2.24, 2.45) is 5.41 Å².